The molecule has 4 N–H and O–H groups in total. The Bertz CT molecular complexity index is 1240. The van der Waals surface area contributed by atoms with E-state index in [1.807, 2.05) is 49.5 Å². The zero-order valence-corrected chi connectivity index (χ0v) is 16.4. The highest BCUT2D eigenvalue weighted by molar-refractivity contribution is 6.05. The lowest BCUT2D eigenvalue weighted by Crippen LogP contribution is -2.27. The molecule has 4 aromatic rings. The fraction of sp³-hybridized carbons (Fsp3) is 0.190. The van der Waals surface area contributed by atoms with Crippen molar-refractivity contribution in [2.24, 2.45) is 0 Å². The van der Waals surface area contributed by atoms with Crippen molar-refractivity contribution in [2.75, 3.05) is 12.8 Å². The van der Waals surface area contributed by atoms with Gasteiger partial charge < -0.3 is 16.0 Å². The summed E-state index contributed by atoms with van der Waals surface area (Å²) in [6.45, 7) is 1.70. The van der Waals surface area contributed by atoms with E-state index in [-0.39, 0.29) is 11.9 Å². The topological polar surface area (TPSA) is 126 Å². The van der Waals surface area contributed by atoms with Gasteiger partial charge in [-0.25, -0.2) is 9.97 Å². The van der Waals surface area contributed by atoms with Crippen LogP contribution in [0.25, 0.3) is 22.2 Å². The van der Waals surface area contributed by atoms with E-state index in [9.17, 15) is 4.79 Å². The van der Waals surface area contributed by atoms with Gasteiger partial charge in [0, 0.05) is 30.6 Å². The number of hydrogen-bond acceptors (Lipinski definition) is 7. The lowest BCUT2D eigenvalue weighted by molar-refractivity contribution is 0.0747. The maximum atomic E-state index is 13.4. The van der Waals surface area contributed by atoms with E-state index in [0.717, 1.165) is 28.1 Å². The van der Waals surface area contributed by atoms with Gasteiger partial charge in [-0.05, 0) is 30.3 Å². The molecule has 2 aromatic heterocycles. The molecule has 1 aliphatic heterocycles. The van der Waals surface area contributed by atoms with Crippen molar-refractivity contribution >= 4 is 22.8 Å². The molecule has 0 aliphatic carbocycles. The number of aromatic amines is 1. The summed E-state index contributed by atoms with van der Waals surface area (Å²) in [4.78, 5) is 23.8. The van der Waals surface area contributed by atoms with Crippen LogP contribution in [0.2, 0.25) is 0 Å². The number of nitrogens with zero attached hydrogens (tertiary/aromatic N) is 5. The van der Waals surface area contributed by atoms with Crippen LogP contribution < -0.4 is 11.1 Å². The smallest absolute Gasteiger partial charge is 0.273 e. The number of anilines is 1. The molecule has 0 unspecified atom stereocenters. The Hall–Kier alpha value is -3.85. The summed E-state index contributed by atoms with van der Waals surface area (Å²) in [5.74, 6) is -0.0920. The van der Waals surface area contributed by atoms with Gasteiger partial charge in [0.15, 0.2) is 0 Å². The number of fused-ring (bicyclic) bond motifs is 2. The van der Waals surface area contributed by atoms with Crippen LogP contribution in [0.15, 0.2) is 42.5 Å². The summed E-state index contributed by atoms with van der Waals surface area (Å²) >= 11 is 0. The number of H-pyrrole nitrogens is 1. The lowest BCUT2D eigenvalue weighted by Gasteiger charge is -2.16. The maximum absolute atomic E-state index is 13.4. The molecule has 0 saturated carbocycles. The van der Waals surface area contributed by atoms with Gasteiger partial charge in [0.05, 0.1) is 11.2 Å². The summed E-state index contributed by atoms with van der Waals surface area (Å²) in [7, 11) is 1.85. The highest BCUT2D eigenvalue weighted by Crippen LogP contribution is 2.29. The van der Waals surface area contributed by atoms with Crippen molar-refractivity contribution in [1.82, 2.24) is 35.6 Å². The van der Waals surface area contributed by atoms with Gasteiger partial charge in [0.25, 0.3) is 5.91 Å². The number of aromatic nitrogens is 5. The number of rotatable bonds is 4. The molecule has 5 rings (SSSR count). The number of nitrogens with two attached hydrogens (primary N) is 1. The Morgan fingerprint density at radius 1 is 1.17 bits per heavy atom. The van der Waals surface area contributed by atoms with Gasteiger partial charge in [0.2, 0.25) is 5.95 Å². The van der Waals surface area contributed by atoms with E-state index < -0.39 is 0 Å². The van der Waals surface area contributed by atoms with E-state index >= 15 is 0 Å². The molecule has 1 amide bonds. The Balaban J connectivity index is 1.58. The van der Waals surface area contributed by atoms with Crippen LogP contribution in [0.3, 0.4) is 0 Å². The standard InChI is InChI=1S/C21H20N8O/c1-23-9-17-18(27-28-26-17)12-6-7-16-15(8-12)19(25-21(22)24-16)20(30)29-10-13-4-2-3-5-14(13)11-29/h2-8,23H,9-11H2,1H3,(H2,22,24,25)(H,26,27,28). The largest absolute Gasteiger partial charge is 0.368 e. The van der Waals surface area contributed by atoms with E-state index in [4.69, 9.17) is 5.73 Å². The number of nitrogens with one attached hydrogen (secondary N) is 2. The fourth-order valence-electron chi connectivity index (χ4n) is 3.86. The van der Waals surface area contributed by atoms with E-state index in [1.165, 1.54) is 0 Å². The monoisotopic (exact) mass is 400 g/mol. The molecule has 3 heterocycles. The molecule has 1 aliphatic rings. The second kappa shape index (κ2) is 7.20. The normalized spacial score (nSPS) is 13.0. The number of amides is 1. The molecular formula is C21H20N8O. The molecule has 0 bridgehead atoms. The Labute approximate surface area is 172 Å². The molecular weight excluding hydrogens is 380 g/mol. The van der Waals surface area contributed by atoms with Crippen LogP contribution >= 0.6 is 0 Å². The first kappa shape index (κ1) is 18.2. The quantitative estimate of drug-likeness (QED) is 0.477. The second-order valence-corrected chi connectivity index (χ2v) is 7.26. The molecule has 9 heteroatoms. The average Bonchev–Trinajstić information content (AvgIpc) is 3.39. The first-order chi connectivity index (χ1) is 14.6. The van der Waals surface area contributed by atoms with Crippen molar-refractivity contribution in [2.45, 2.75) is 19.6 Å². The molecule has 0 atom stereocenters. The van der Waals surface area contributed by atoms with Crippen LogP contribution in [-0.2, 0) is 19.6 Å². The molecule has 0 saturated heterocycles. The zero-order chi connectivity index (χ0) is 20.7. The van der Waals surface area contributed by atoms with E-state index in [0.29, 0.717) is 36.2 Å². The number of nitrogen functional groups attached to an aromatic ring is 1. The minimum atomic E-state index is -0.168. The highest BCUT2D eigenvalue weighted by Gasteiger charge is 2.27. The van der Waals surface area contributed by atoms with Gasteiger partial charge in [-0.1, -0.05) is 35.5 Å². The molecule has 9 nitrogen and oxygen atoms in total. The minimum Gasteiger partial charge on any atom is -0.368 e. The minimum absolute atomic E-state index is 0.0765. The summed E-state index contributed by atoms with van der Waals surface area (Å²) in [6, 6.07) is 13.7. The molecule has 150 valence electrons. The van der Waals surface area contributed by atoms with Gasteiger partial charge >= 0.3 is 0 Å². The van der Waals surface area contributed by atoms with Crippen molar-refractivity contribution in [1.29, 1.82) is 0 Å². The predicted molar refractivity (Wildman–Crippen MR) is 112 cm³/mol. The van der Waals surface area contributed by atoms with Crippen LogP contribution in [0.1, 0.15) is 27.3 Å². The van der Waals surface area contributed by atoms with Gasteiger partial charge in [0.1, 0.15) is 11.4 Å². The van der Waals surface area contributed by atoms with Crippen LogP contribution in [0.4, 0.5) is 5.95 Å². The third kappa shape index (κ3) is 3.05. The van der Waals surface area contributed by atoms with Gasteiger partial charge in [-0.2, -0.15) is 0 Å². The summed E-state index contributed by atoms with van der Waals surface area (Å²) in [5, 5.41) is 14.7. The Kier molecular flexibility index (Phi) is 4.36. The molecule has 0 spiro atoms. The summed E-state index contributed by atoms with van der Waals surface area (Å²) in [5.41, 5.74) is 11.5. The molecule has 0 radical (unpaired) electrons. The zero-order valence-electron chi connectivity index (χ0n) is 16.4. The van der Waals surface area contributed by atoms with Crippen molar-refractivity contribution < 1.29 is 4.79 Å². The number of hydrogen-bond donors (Lipinski definition) is 3. The van der Waals surface area contributed by atoms with E-state index in [2.05, 4.69) is 30.7 Å². The second-order valence-electron chi connectivity index (χ2n) is 7.26. The number of carbonyl (C=O) groups excluding carboxylic acids is 1. The third-order valence-electron chi connectivity index (χ3n) is 5.29. The molecule has 0 fully saturated rings. The van der Waals surface area contributed by atoms with E-state index in [1.54, 1.807) is 4.90 Å². The van der Waals surface area contributed by atoms with Gasteiger partial charge in [-0.15, -0.1) is 5.10 Å². The SMILES string of the molecule is CNCc1[nH]nnc1-c1ccc2nc(N)nc(C(=O)N3Cc4ccccc4C3)c2c1. The van der Waals surface area contributed by atoms with Gasteiger partial charge in [-0.3, -0.25) is 9.89 Å². The summed E-state index contributed by atoms with van der Waals surface area (Å²) < 4.78 is 0. The van der Waals surface area contributed by atoms with Crippen molar-refractivity contribution in [3.63, 3.8) is 0 Å². The van der Waals surface area contributed by atoms with Crippen LogP contribution in [0, 0.1) is 0 Å². The maximum Gasteiger partial charge on any atom is 0.273 e. The fourth-order valence-corrected chi connectivity index (χ4v) is 3.86. The Morgan fingerprint density at radius 3 is 2.67 bits per heavy atom. The number of benzene rings is 2. The van der Waals surface area contributed by atoms with Crippen molar-refractivity contribution in [3.8, 4) is 11.3 Å². The average molecular weight is 400 g/mol. The Morgan fingerprint density at radius 2 is 1.93 bits per heavy atom. The van der Waals surface area contributed by atoms with Crippen LogP contribution in [0.5, 0.6) is 0 Å². The predicted octanol–water partition coefficient (Wildman–Crippen LogP) is 1.87. The van der Waals surface area contributed by atoms with Crippen LogP contribution in [-0.4, -0.2) is 43.2 Å². The summed E-state index contributed by atoms with van der Waals surface area (Å²) in [6.07, 6.45) is 0. The highest BCUT2D eigenvalue weighted by atomic mass is 16.2. The van der Waals surface area contributed by atoms with Crippen molar-refractivity contribution in [3.05, 3.63) is 65.0 Å². The molecule has 2 aromatic carbocycles. The first-order valence-corrected chi connectivity index (χ1v) is 9.62. The number of carbonyl (C=O) groups is 1. The molecule has 30 heavy (non-hydrogen) atoms. The first-order valence-electron chi connectivity index (χ1n) is 9.62. The lowest BCUT2D eigenvalue weighted by atomic mass is 10.0. The third-order valence-corrected chi connectivity index (χ3v) is 5.29.